The lowest BCUT2D eigenvalue weighted by Gasteiger charge is -2.30. The summed E-state index contributed by atoms with van der Waals surface area (Å²) in [6.45, 7) is 14.5. The van der Waals surface area contributed by atoms with Crippen LogP contribution < -0.4 is 5.32 Å². The number of nitrogens with one attached hydrogen (secondary N) is 1. The Kier molecular flexibility index (Phi) is 5.71. The predicted octanol–water partition coefficient (Wildman–Crippen LogP) is 3.28. The maximum absolute atomic E-state index is 5.22. The van der Waals surface area contributed by atoms with E-state index in [0.29, 0.717) is 12.1 Å². The largest absolute Gasteiger partial charge is 0.369 e. The van der Waals surface area contributed by atoms with Crippen LogP contribution in [0.1, 0.15) is 39.1 Å². The average Bonchev–Trinajstić information content (AvgIpc) is 2.82. The summed E-state index contributed by atoms with van der Waals surface area (Å²) in [5, 5.41) is 7.37. The number of nitrogens with zero attached hydrogens (tertiary/aromatic N) is 4. The molecular formula is C17H27N5O. The Balaban J connectivity index is 2.04. The summed E-state index contributed by atoms with van der Waals surface area (Å²) in [7, 11) is 0. The van der Waals surface area contributed by atoms with E-state index in [0.717, 1.165) is 41.6 Å². The second kappa shape index (κ2) is 7.55. The van der Waals surface area contributed by atoms with Crippen molar-refractivity contribution in [3.05, 3.63) is 23.8 Å². The zero-order chi connectivity index (χ0) is 17.0. The summed E-state index contributed by atoms with van der Waals surface area (Å²) in [6, 6.07) is 3.00. The van der Waals surface area contributed by atoms with Crippen LogP contribution in [0, 0.1) is 13.8 Å². The lowest BCUT2D eigenvalue weighted by atomic mass is 10.1. The van der Waals surface area contributed by atoms with E-state index in [2.05, 4.69) is 53.0 Å². The van der Waals surface area contributed by atoms with E-state index in [1.54, 1.807) is 6.33 Å². The van der Waals surface area contributed by atoms with E-state index in [4.69, 9.17) is 4.52 Å². The predicted molar refractivity (Wildman–Crippen MR) is 92.5 cm³/mol. The fraction of sp³-hybridized carbons (Fsp3) is 0.588. The van der Waals surface area contributed by atoms with Crippen LogP contribution in [0.15, 0.2) is 16.9 Å². The molecule has 6 nitrogen and oxygen atoms in total. The highest BCUT2D eigenvalue weighted by Gasteiger charge is 2.14. The van der Waals surface area contributed by atoms with Gasteiger partial charge in [-0.15, -0.1) is 0 Å². The number of hydrogen-bond donors (Lipinski definition) is 1. The summed E-state index contributed by atoms with van der Waals surface area (Å²) in [5.41, 5.74) is 2.63. The number of aromatic nitrogens is 3. The molecule has 0 spiro atoms. The SMILES string of the molecule is Cc1noc(C)c1-c1cc(NCCN(C(C)C)C(C)C)ncn1. The highest BCUT2D eigenvalue weighted by Crippen LogP contribution is 2.25. The van der Waals surface area contributed by atoms with Gasteiger partial charge in [-0.1, -0.05) is 5.16 Å². The smallest absolute Gasteiger partial charge is 0.143 e. The van der Waals surface area contributed by atoms with Gasteiger partial charge in [0.15, 0.2) is 0 Å². The molecule has 6 heteroatoms. The summed E-state index contributed by atoms with van der Waals surface area (Å²) >= 11 is 0. The molecule has 0 aromatic carbocycles. The maximum atomic E-state index is 5.22. The summed E-state index contributed by atoms with van der Waals surface area (Å²) in [4.78, 5) is 11.1. The Morgan fingerprint density at radius 3 is 2.39 bits per heavy atom. The minimum Gasteiger partial charge on any atom is -0.369 e. The van der Waals surface area contributed by atoms with Crippen LogP contribution in [0.25, 0.3) is 11.3 Å². The molecule has 2 rings (SSSR count). The quantitative estimate of drug-likeness (QED) is 0.845. The van der Waals surface area contributed by atoms with Crippen LogP contribution in [0.2, 0.25) is 0 Å². The second-order valence-corrected chi connectivity index (χ2v) is 6.34. The molecule has 2 aromatic heterocycles. The second-order valence-electron chi connectivity index (χ2n) is 6.34. The van der Waals surface area contributed by atoms with Crippen LogP contribution in [-0.4, -0.2) is 45.2 Å². The van der Waals surface area contributed by atoms with Crippen LogP contribution in [0.5, 0.6) is 0 Å². The van der Waals surface area contributed by atoms with Gasteiger partial charge in [-0.2, -0.15) is 0 Å². The molecule has 0 atom stereocenters. The van der Waals surface area contributed by atoms with E-state index >= 15 is 0 Å². The number of hydrogen-bond acceptors (Lipinski definition) is 6. The molecule has 0 radical (unpaired) electrons. The van der Waals surface area contributed by atoms with Gasteiger partial charge in [0, 0.05) is 31.2 Å². The first-order valence-electron chi connectivity index (χ1n) is 8.15. The standard InChI is InChI=1S/C17H27N5O/c1-11(2)22(12(3)4)8-7-18-16-9-15(19-10-20-16)17-13(5)21-23-14(17)6/h9-12H,7-8H2,1-6H3,(H,18,19,20). The third-order valence-corrected chi connectivity index (χ3v) is 3.96. The lowest BCUT2D eigenvalue weighted by molar-refractivity contribution is 0.182. The van der Waals surface area contributed by atoms with Crippen molar-refractivity contribution in [3.8, 4) is 11.3 Å². The van der Waals surface area contributed by atoms with Crippen molar-refractivity contribution in [3.63, 3.8) is 0 Å². The Morgan fingerprint density at radius 1 is 1.13 bits per heavy atom. The van der Waals surface area contributed by atoms with E-state index in [1.807, 2.05) is 19.9 Å². The molecule has 0 saturated carbocycles. The molecule has 0 fully saturated rings. The molecule has 2 aromatic rings. The van der Waals surface area contributed by atoms with Crippen LogP contribution in [-0.2, 0) is 0 Å². The van der Waals surface area contributed by atoms with Gasteiger partial charge in [0.05, 0.1) is 17.0 Å². The molecule has 0 bridgehead atoms. The van der Waals surface area contributed by atoms with Crippen molar-refractivity contribution in [2.24, 2.45) is 0 Å². The summed E-state index contributed by atoms with van der Waals surface area (Å²) < 4.78 is 5.22. The molecule has 0 aliphatic rings. The molecule has 0 unspecified atom stereocenters. The molecule has 0 aliphatic heterocycles. The minimum absolute atomic E-state index is 0.528. The first-order valence-corrected chi connectivity index (χ1v) is 8.15. The third kappa shape index (κ3) is 4.28. The topological polar surface area (TPSA) is 67.1 Å². The van der Waals surface area contributed by atoms with Gasteiger partial charge in [0.25, 0.3) is 0 Å². The van der Waals surface area contributed by atoms with Crippen molar-refractivity contribution in [1.82, 2.24) is 20.0 Å². The zero-order valence-electron chi connectivity index (χ0n) is 14.9. The first-order chi connectivity index (χ1) is 10.9. The van der Waals surface area contributed by atoms with Crippen molar-refractivity contribution in [2.45, 2.75) is 53.6 Å². The molecular weight excluding hydrogens is 290 g/mol. The van der Waals surface area contributed by atoms with E-state index in [1.165, 1.54) is 0 Å². The molecule has 1 N–H and O–H groups in total. The fourth-order valence-electron chi connectivity index (χ4n) is 2.87. The van der Waals surface area contributed by atoms with Crippen molar-refractivity contribution < 1.29 is 4.52 Å². The molecule has 126 valence electrons. The van der Waals surface area contributed by atoms with Gasteiger partial charge < -0.3 is 9.84 Å². The van der Waals surface area contributed by atoms with Gasteiger partial charge in [-0.25, -0.2) is 9.97 Å². The third-order valence-electron chi connectivity index (χ3n) is 3.96. The average molecular weight is 317 g/mol. The minimum atomic E-state index is 0.528. The highest BCUT2D eigenvalue weighted by atomic mass is 16.5. The summed E-state index contributed by atoms with van der Waals surface area (Å²) in [6.07, 6.45) is 1.58. The Hall–Kier alpha value is -1.95. The van der Waals surface area contributed by atoms with Gasteiger partial charge in [0.1, 0.15) is 17.9 Å². The van der Waals surface area contributed by atoms with Gasteiger partial charge in [0.2, 0.25) is 0 Å². The van der Waals surface area contributed by atoms with Gasteiger partial charge in [-0.3, -0.25) is 4.90 Å². The molecule has 0 amide bonds. The van der Waals surface area contributed by atoms with E-state index in [-0.39, 0.29) is 0 Å². The van der Waals surface area contributed by atoms with Crippen LogP contribution in [0.4, 0.5) is 5.82 Å². The number of rotatable bonds is 7. The molecule has 0 aliphatic carbocycles. The summed E-state index contributed by atoms with van der Waals surface area (Å²) in [5.74, 6) is 1.60. The zero-order valence-corrected chi connectivity index (χ0v) is 14.9. The van der Waals surface area contributed by atoms with Gasteiger partial charge >= 0.3 is 0 Å². The van der Waals surface area contributed by atoms with Crippen molar-refractivity contribution in [1.29, 1.82) is 0 Å². The monoisotopic (exact) mass is 317 g/mol. The normalized spacial score (nSPS) is 11.7. The highest BCUT2D eigenvalue weighted by molar-refractivity contribution is 5.65. The van der Waals surface area contributed by atoms with E-state index < -0.39 is 0 Å². The molecule has 23 heavy (non-hydrogen) atoms. The molecule has 0 saturated heterocycles. The Bertz CT molecular complexity index is 608. The van der Waals surface area contributed by atoms with Gasteiger partial charge in [-0.05, 0) is 41.5 Å². The van der Waals surface area contributed by atoms with E-state index in [9.17, 15) is 0 Å². The van der Waals surface area contributed by atoms with Crippen LogP contribution in [0.3, 0.4) is 0 Å². The maximum Gasteiger partial charge on any atom is 0.143 e. The number of aryl methyl sites for hydroxylation is 2. The number of anilines is 1. The lowest BCUT2D eigenvalue weighted by Crippen LogP contribution is -2.40. The molecule has 2 heterocycles. The van der Waals surface area contributed by atoms with Crippen molar-refractivity contribution in [2.75, 3.05) is 18.4 Å². The first kappa shape index (κ1) is 17.4. The van der Waals surface area contributed by atoms with Crippen LogP contribution >= 0.6 is 0 Å². The van der Waals surface area contributed by atoms with Crippen molar-refractivity contribution >= 4 is 5.82 Å². The Morgan fingerprint density at radius 2 is 1.83 bits per heavy atom. The Labute approximate surface area is 138 Å². The fourth-order valence-corrected chi connectivity index (χ4v) is 2.87.